The van der Waals surface area contributed by atoms with Crippen molar-refractivity contribution in [3.05, 3.63) is 57.2 Å². The van der Waals surface area contributed by atoms with Gasteiger partial charge in [-0.3, -0.25) is 9.69 Å². The van der Waals surface area contributed by atoms with E-state index in [9.17, 15) is 4.79 Å². The standard InChI is InChI=1S/C15H10Cl2N2OS2/c1-18-6-2-3-9(18)8-13-14(20)19(15(21)22-13)10-4-5-11(16)12(17)7-10/h2-8H,1H3/b13-8-. The Kier molecular flexibility index (Phi) is 4.32. The summed E-state index contributed by atoms with van der Waals surface area (Å²) in [5.74, 6) is -0.158. The molecule has 0 bridgehead atoms. The predicted octanol–water partition coefficient (Wildman–Crippen LogP) is 4.74. The van der Waals surface area contributed by atoms with Gasteiger partial charge >= 0.3 is 0 Å². The number of thiocarbonyl (C=S) groups is 1. The summed E-state index contributed by atoms with van der Waals surface area (Å²) in [6, 6.07) is 8.88. The van der Waals surface area contributed by atoms with Crippen LogP contribution >= 0.6 is 47.2 Å². The first-order valence-electron chi connectivity index (χ1n) is 6.32. The smallest absolute Gasteiger partial charge is 0.270 e. The van der Waals surface area contributed by atoms with E-state index >= 15 is 0 Å². The van der Waals surface area contributed by atoms with Crippen LogP contribution in [0.3, 0.4) is 0 Å². The third-order valence-corrected chi connectivity index (χ3v) is 5.26. The van der Waals surface area contributed by atoms with Crippen LogP contribution in [0.1, 0.15) is 5.69 Å². The highest BCUT2D eigenvalue weighted by Gasteiger charge is 2.33. The Labute approximate surface area is 147 Å². The number of hydrogen-bond acceptors (Lipinski definition) is 3. The molecule has 2 heterocycles. The van der Waals surface area contributed by atoms with Crippen LogP contribution in [-0.4, -0.2) is 14.8 Å². The number of carbonyl (C=O) groups is 1. The second kappa shape index (κ2) is 6.08. The zero-order chi connectivity index (χ0) is 15.9. The molecule has 0 radical (unpaired) electrons. The van der Waals surface area contributed by atoms with E-state index in [1.165, 1.54) is 16.7 Å². The van der Waals surface area contributed by atoms with Crippen molar-refractivity contribution < 1.29 is 4.79 Å². The average molecular weight is 369 g/mol. The van der Waals surface area contributed by atoms with Crippen LogP contribution in [0, 0.1) is 0 Å². The van der Waals surface area contributed by atoms with Crippen LogP contribution in [0.15, 0.2) is 41.4 Å². The lowest BCUT2D eigenvalue weighted by Crippen LogP contribution is -2.27. The molecule has 1 aromatic heterocycles. The van der Waals surface area contributed by atoms with Crippen molar-refractivity contribution in [2.24, 2.45) is 7.05 Å². The highest BCUT2D eigenvalue weighted by molar-refractivity contribution is 8.27. The number of anilines is 1. The molecule has 22 heavy (non-hydrogen) atoms. The Bertz CT molecular complexity index is 814. The molecule has 0 unspecified atom stereocenters. The van der Waals surface area contributed by atoms with E-state index < -0.39 is 0 Å². The summed E-state index contributed by atoms with van der Waals surface area (Å²) in [5.41, 5.74) is 1.56. The van der Waals surface area contributed by atoms with E-state index in [1.807, 2.05) is 36.0 Å². The van der Waals surface area contributed by atoms with Gasteiger partial charge in [0.05, 0.1) is 20.6 Å². The first-order valence-corrected chi connectivity index (χ1v) is 8.30. The number of rotatable bonds is 2. The quantitative estimate of drug-likeness (QED) is 0.565. The van der Waals surface area contributed by atoms with Gasteiger partial charge in [-0.1, -0.05) is 47.2 Å². The molecule has 0 N–H and O–H groups in total. The minimum absolute atomic E-state index is 0.158. The van der Waals surface area contributed by atoms with Gasteiger partial charge in [0.15, 0.2) is 4.32 Å². The van der Waals surface area contributed by atoms with Crippen molar-refractivity contribution in [3.63, 3.8) is 0 Å². The number of halogens is 2. The van der Waals surface area contributed by atoms with Crippen LogP contribution in [0.4, 0.5) is 5.69 Å². The van der Waals surface area contributed by atoms with Crippen molar-refractivity contribution in [1.82, 2.24) is 4.57 Å². The number of carbonyl (C=O) groups excluding carboxylic acids is 1. The van der Waals surface area contributed by atoms with Gasteiger partial charge < -0.3 is 4.57 Å². The molecule has 112 valence electrons. The predicted molar refractivity (Wildman–Crippen MR) is 97.5 cm³/mol. The maximum absolute atomic E-state index is 12.6. The molecule has 1 amide bonds. The Hall–Kier alpha value is -1.27. The minimum Gasteiger partial charge on any atom is -0.351 e. The lowest BCUT2D eigenvalue weighted by atomic mass is 10.3. The molecule has 1 aromatic carbocycles. The number of hydrogen-bond donors (Lipinski definition) is 0. The number of nitrogens with zero attached hydrogens (tertiary/aromatic N) is 2. The van der Waals surface area contributed by atoms with Gasteiger partial charge in [-0.15, -0.1) is 0 Å². The monoisotopic (exact) mass is 368 g/mol. The highest BCUT2D eigenvalue weighted by Crippen LogP contribution is 2.37. The summed E-state index contributed by atoms with van der Waals surface area (Å²) >= 11 is 18.5. The Morgan fingerprint density at radius 3 is 2.64 bits per heavy atom. The first kappa shape index (κ1) is 15.6. The van der Waals surface area contributed by atoms with E-state index in [2.05, 4.69) is 0 Å². The third kappa shape index (κ3) is 2.82. The fourth-order valence-corrected chi connectivity index (χ4v) is 3.65. The summed E-state index contributed by atoms with van der Waals surface area (Å²) in [5, 5.41) is 0.829. The lowest BCUT2D eigenvalue weighted by Gasteiger charge is -2.15. The van der Waals surface area contributed by atoms with E-state index in [0.717, 1.165) is 5.69 Å². The van der Waals surface area contributed by atoms with Gasteiger partial charge in [0.2, 0.25) is 0 Å². The third-order valence-electron chi connectivity index (χ3n) is 3.22. The number of aromatic nitrogens is 1. The molecule has 1 aliphatic heterocycles. The van der Waals surface area contributed by atoms with Crippen molar-refractivity contribution in [3.8, 4) is 0 Å². The fraction of sp³-hybridized carbons (Fsp3) is 0.0667. The van der Waals surface area contributed by atoms with Crippen LogP contribution < -0.4 is 4.90 Å². The first-order chi connectivity index (χ1) is 10.5. The number of thioether (sulfide) groups is 1. The molecule has 3 rings (SSSR count). The molecule has 0 atom stereocenters. The summed E-state index contributed by atoms with van der Waals surface area (Å²) in [6.07, 6.45) is 3.75. The molecule has 1 fully saturated rings. The molecular weight excluding hydrogens is 359 g/mol. The zero-order valence-corrected chi connectivity index (χ0v) is 14.6. The number of amides is 1. The van der Waals surface area contributed by atoms with E-state index in [-0.39, 0.29) is 5.91 Å². The van der Waals surface area contributed by atoms with Crippen LogP contribution in [0.25, 0.3) is 6.08 Å². The van der Waals surface area contributed by atoms with Gasteiger partial charge in [0, 0.05) is 18.9 Å². The topological polar surface area (TPSA) is 25.2 Å². The van der Waals surface area contributed by atoms with Crippen LogP contribution in [0.5, 0.6) is 0 Å². The van der Waals surface area contributed by atoms with Crippen LogP contribution in [0.2, 0.25) is 10.0 Å². The van der Waals surface area contributed by atoms with Gasteiger partial charge in [-0.25, -0.2) is 0 Å². The summed E-state index contributed by atoms with van der Waals surface area (Å²) in [6.45, 7) is 0. The van der Waals surface area contributed by atoms with Crippen molar-refractivity contribution in [2.45, 2.75) is 0 Å². The number of benzene rings is 1. The summed E-state index contributed by atoms with van der Waals surface area (Å²) in [7, 11) is 1.92. The molecule has 0 spiro atoms. The average Bonchev–Trinajstić information content (AvgIpc) is 2.99. The molecule has 1 aliphatic rings. The van der Waals surface area contributed by atoms with Crippen molar-refractivity contribution in [2.75, 3.05) is 4.90 Å². The lowest BCUT2D eigenvalue weighted by molar-refractivity contribution is -0.113. The molecule has 7 heteroatoms. The molecular formula is C15H10Cl2N2OS2. The normalized spacial score (nSPS) is 16.9. The summed E-state index contributed by atoms with van der Waals surface area (Å²) < 4.78 is 2.41. The maximum atomic E-state index is 12.6. The fourth-order valence-electron chi connectivity index (χ4n) is 2.07. The zero-order valence-electron chi connectivity index (χ0n) is 11.4. The maximum Gasteiger partial charge on any atom is 0.270 e. The van der Waals surface area contributed by atoms with E-state index in [4.69, 9.17) is 35.4 Å². The van der Waals surface area contributed by atoms with Gasteiger partial charge in [-0.05, 0) is 36.4 Å². The molecule has 3 nitrogen and oxygen atoms in total. The SMILES string of the molecule is Cn1cccc1/C=C1\SC(=S)N(c2ccc(Cl)c(Cl)c2)C1=O. The Morgan fingerprint density at radius 1 is 1.23 bits per heavy atom. The molecule has 2 aromatic rings. The molecule has 1 saturated heterocycles. The van der Waals surface area contributed by atoms with Crippen molar-refractivity contribution in [1.29, 1.82) is 0 Å². The molecule has 0 saturated carbocycles. The van der Waals surface area contributed by atoms with Gasteiger partial charge in [0.25, 0.3) is 5.91 Å². The van der Waals surface area contributed by atoms with Gasteiger partial charge in [-0.2, -0.15) is 0 Å². The van der Waals surface area contributed by atoms with E-state index in [0.29, 0.717) is 25.0 Å². The molecule has 0 aliphatic carbocycles. The largest absolute Gasteiger partial charge is 0.351 e. The Balaban J connectivity index is 1.96. The van der Waals surface area contributed by atoms with Crippen LogP contribution in [-0.2, 0) is 11.8 Å². The van der Waals surface area contributed by atoms with Crippen molar-refractivity contribution >= 4 is 69.2 Å². The number of aryl methyl sites for hydroxylation is 1. The minimum atomic E-state index is -0.158. The second-order valence-electron chi connectivity index (χ2n) is 4.66. The van der Waals surface area contributed by atoms with Gasteiger partial charge in [0.1, 0.15) is 0 Å². The summed E-state index contributed by atoms with van der Waals surface area (Å²) in [4.78, 5) is 14.7. The second-order valence-corrected chi connectivity index (χ2v) is 7.15. The Morgan fingerprint density at radius 2 is 2.00 bits per heavy atom. The van der Waals surface area contributed by atoms with E-state index in [1.54, 1.807) is 18.2 Å². The highest BCUT2D eigenvalue weighted by atomic mass is 35.5.